The van der Waals surface area contributed by atoms with Crippen molar-refractivity contribution in [3.63, 3.8) is 0 Å². The molecule has 0 amide bonds. The third-order valence-corrected chi connectivity index (χ3v) is 3.09. The number of carbonyl (C=O) groups is 1. The Bertz CT molecular complexity index is 573. The first-order valence-electron chi connectivity index (χ1n) is 6.62. The molecule has 2 aromatic rings. The van der Waals surface area contributed by atoms with E-state index in [-0.39, 0.29) is 12.4 Å². The molecule has 0 unspecified atom stereocenters. The van der Waals surface area contributed by atoms with Crippen LogP contribution >= 0.6 is 0 Å². The zero-order valence-corrected chi connectivity index (χ0v) is 11.8. The van der Waals surface area contributed by atoms with E-state index in [0.29, 0.717) is 17.1 Å². The van der Waals surface area contributed by atoms with Crippen molar-refractivity contribution in [3.8, 4) is 11.5 Å². The molecule has 104 valence electrons. The van der Waals surface area contributed by atoms with Gasteiger partial charge in [0.05, 0.1) is 7.11 Å². The number of aryl methyl sites for hydroxylation is 1. The maximum atomic E-state index is 12.0. The van der Waals surface area contributed by atoms with Crippen LogP contribution in [0.4, 0.5) is 0 Å². The average Bonchev–Trinajstić information content (AvgIpc) is 2.53. The summed E-state index contributed by atoms with van der Waals surface area (Å²) in [6, 6.07) is 14.9. The quantitative estimate of drug-likeness (QED) is 0.753. The van der Waals surface area contributed by atoms with E-state index in [1.807, 2.05) is 24.3 Å². The Morgan fingerprint density at radius 1 is 1.05 bits per heavy atom. The van der Waals surface area contributed by atoms with Gasteiger partial charge < -0.3 is 9.47 Å². The number of hydrogen-bond acceptors (Lipinski definition) is 3. The van der Waals surface area contributed by atoms with Gasteiger partial charge in [0.1, 0.15) is 11.5 Å². The summed E-state index contributed by atoms with van der Waals surface area (Å²) < 4.78 is 10.6. The fourth-order valence-electron chi connectivity index (χ4n) is 1.85. The van der Waals surface area contributed by atoms with Gasteiger partial charge in [0, 0.05) is 5.56 Å². The van der Waals surface area contributed by atoms with Gasteiger partial charge in [0.15, 0.2) is 12.4 Å². The monoisotopic (exact) mass is 270 g/mol. The van der Waals surface area contributed by atoms with Crippen molar-refractivity contribution in [2.45, 2.75) is 13.3 Å². The predicted octanol–water partition coefficient (Wildman–Crippen LogP) is 3.52. The second-order valence-electron chi connectivity index (χ2n) is 4.44. The van der Waals surface area contributed by atoms with E-state index in [4.69, 9.17) is 9.47 Å². The highest BCUT2D eigenvalue weighted by Gasteiger charge is 2.07. The number of ether oxygens (including phenoxy) is 2. The second-order valence-corrected chi connectivity index (χ2v) is 4.44. The van der Waals surface area contributed by atoms with Gasteiger partial charge in [-0.2, -0.15) is 0 Å². The topological polar surface area (TPSA) is 35.5 Å². The Labute approximate surface area is 119 Å². The lowest BCUT2D eigenvalue weighted by atomic mass is 10.1. The summed E-state index contributed by atoms with van der Waals surface area (Å²) in [6.45, 7) is 2.13. The van der Waals surface area contributed by atoms with Gasteiger partial charge in [0.25, 0.3) is 0 Å². The molecule has 3 nitrogen and oxygen atoms in total. The smallest absolute Gasteiger partial charge is 0.200 e. The molecule has 2 rings (SSSR count). The van der Waals surface area contributed by atoms with Gasteiger partial charge in [-0.05, 0) is 36.2 Å². The number of carbonyl (C=O) groups excluding carboxylic acids is 1. The lowest BCUT2D eigenvalue weighted by molar-refractivity contribution is 0.0921. The summed E-state index contributed by atoms with van der Waals surface area (Å²) in [4.78, 5) is 12.0. The van der Waals surface area contributed by atoms with Crippen LogP contribution in [-0.2, 0) is 6.42 Å². The first kappa shape index (κ1) is 14.1. The molecule has 0 aliphatic rings. The third kappa shape index (κ3) is 3.60. The van der Waals surface area contributed by atoms with E-state index >= 15 is 0 Å². The predicted molar refractivity (Wildman–Crippen MR) is 78.6 cm³/mol. The molecule has 0 saturated carbocycles. The van der Waals surface area contributed by atoms with Gasteiger partial charge in [-0.3, -0.25) is 4.79 Å². The fourth-order valence-corrected chi connectivity index (χ4v) is 1.85. The number of Topliss-reactive ketones (excluding diaryl/α,β-unsaturated/α-hetero) is 1. The Balaban J connectivity index is 1.97. The highest BCUT2D eigenvalue weighted by molar-refractivity contribution is 5.97. The number of ketones is 1. The average molecular weight is 270 g/mol. The molecule has 2 aromatic carbocycles. The molecule has 0 aliphatic carbocycles. The normalized spacial score (nSPS) is 10.1. The molecule has 0 atom stereocenters. The summed E-state index contributed by atoms with van der Waals surface area (Å²) in [5.41, 5.74) is 1.84. The van der Waals surface area contributed by atoms with Crippen molar-refractivity contribution in [2.24, 2.45) is 0 Å². The van der Waals surface area contributed by atoms with Crippen LogP contribution < -0.4 is 9.47 Å². The fraction of sp³-hybridized carbons (Fsp3) is 0.235. The van der Waals surface area contributed by atoms with E-state index in [2.05, 4.69) is 6.92 Å². The maximum absolute atomic E-state index is 12.0. The molecule has 0 spiro atoms. The van der Waals surface area contributed by atoms with E-state index in [0.717, 1.165) is 6.42 Å². The van der Waals surface area contributed by atoms with Crippen LogP contribution in [0.15, 0.2) is 48.5 Å². The summed E-state index contributed by atoms with van der Waals surface area (Å²) in [7, 11) is 1.58. The second kappa shape index (κ2) is 6.75. The highest BCUT2D eigenvalue weighted by Crippen LogP contribution is 2.15. The number of rotatable bonds is 6. The zero-order chi connectivity index (χ0) is 14.4. The molecule has 0 saturated heterocycles. The maximum Gasteiger partial charge on any atom is 0.200 e. The van der Waals surface area contributed by atoms with E-state index < -0.39 is 0 Å². The number of hydrogen-bond donors (Lipinski definition) is 0. The van der Waals surface area contributed by atoms with Gasteiger partial charge in [-0.1, -0.05) is 31.2 Å². The molecule has 0 bridgehead atoms. The molecule has 0 aromatic heterocycles. The Morgan fingerprint density at radius 3 is 2.45 bits per heavy atom. The van der Waals surface area contributed by atoms with Crippen molar-refractivity contribution in [1.82, 2.24) is 0 Å². The van der Waals surface area contributed by atoms with Crippen molar-refractivity contribution < 1.29 is 14.3 Å². The van der Waals surface area contributed by atoms with Crippen LogP contribution in [0.25, 0.3) is 0 Å². The highest BCUT2D eigenvalue weighted by atomic mass is 16.5. The van der Waals surface area contributed by atoms with E-state index in [1.54, 1.807) is 31.4 Å². The molecule has 0 N–H and O–H groups in total. The van der Waals surface area contributed by atoms with E-state index in [1.165, 1.54) is 5.56 Å². The van der Waals surface area contributed by atoms with Crippen LogP contribution in [0.3, 0.4) is 0 Å². The largest absolute Gasteiger partial charge is 0.497 e. The van der Waals surface area contributed by atoms with Gasteiger partial charge >= 0.3 is 0 Å². The van der Waals surface area contributed by atoms with Gasteiger partial charge in [0.2, 0.25) is 0 Å². The van der Waals surface area contributed by atoms with Crippen LogP contribution in [-0.4, -0.2) is 19.5 Å². The molecule has 0 radical (unpaired) electrons. The van der Waals surface area contributed by atoms with Crippen molar-refractivity contribution >= 4 is 5.78 Å². The minimum absolute atomic E-state index is 0.0264. The van der Waals surface area contributed by atoms with Crippen molar-refractivity contribution in [1.29, 1.82) is 0 Å². The first-order chi connectivity index (χ1) is 9.72. The summed E-state index contributed by atoms with van der Waals surface area (Å²) >= 11 is 0. The molecular weight excluding hydrogens is 252 g/mol. The van der Waals surface area contributed by atoms with E-state index in [9.17, 15) is 4.79 Å². The zero-order valence-electron chi connectivity index (χ0n) is 11.8. The van der Waals surface area contributed by atoms with Crippen LogP contribution in [0.2, 0.25) is 0 Å². The van der Waals surface area contributed by atoms with Crippen LogP contribution in [0, 0.1) is 0 Å². The minimum Gasteiger partial charge on any atom is -0.497 e. The van der Waals surface area contributed by atoms with Crippen molar-refractivity contribution in [2.75, 3.05) is 13.7 Å². The summed E-state index contributed by atoms with van der Waals surface area (Å²) in [6.07, 6.45) is 0.989. The minimum atomic E-state index is -0.0662. The van der Waals surface area contributed by atoms with Crippen molar-refractivity contribution in [3.05, 3.63) is 59.7 Å². The lowest BCUT2D eigenvalue weighted by Crippen LogP contribution is -2.11. The molecule has 3 heteroatoms. The standard InChI is InChI=1S/C17H18O3/c1-3-13-7-9-15(10-8-13)20-12-17(18)14-5-4-6-16(11-14)19-2/h4-11H,3,12H2,1-2H3. The van der Waals surface area contributed by atoms with Gasteiger partial charge in [-0.25, -0.2) is 0 Å². The Morgan fingerprint density at radius 2 is 1.80 bits per heavy atom. The first-order valence-corrected chi connectivity index (χ1v) is 6.62. The third-order valence-electron chi connectivity index (χ3n) is 3.09. The summed E-state index contributed by atoms with van der Waals surface area (Å²) in [5, 5.41) is 0. The molecular formula is C17H18O3. The molecule has 0 heterocycles. The lowest BCUT2D eigenvalue weighted by Gasteiger charge is -2.07. The Hall–Kier alpha value is -2.29. The molecule has 0 aliphatic heterocycles. The van der Waals surface area contributed by atoms with Crippen LogP contribution in [0.5, 0.6) is 11.5 Å². The molecule has 20 heavy (non-hydrogen) atoms. The number of methoxy groups -OCH3 is 1. The summed E-state index contributed by atoms with van der Waals surface area (Å²) in [5.74, 6) is 1.31. The van der Waals surface area contributed by atoms with Gasteiger partial charge in [-0.15, -0.1) is 0 Å². The number of benzene rings is 2. The SMILES string of the molecule is CCc1ccc(OCC(=O)c2cccc(OC)c2)cc1. The van der Waals surface area contributed by atoms with Crippen LogP contribution in [0.1, 0.15) is 22.8 Å². The Kier molecular flexibility index (Phi) is 4.77. The molecule has 0 fully saturated rings.